The molecule has 2 aliphatic heterocycles. The predicted octanol–water partition coefficient (Wildman–Crippen LogP) is 7.68. The SMILES string of the molecule is CC(C)(C)OC(=O)N1CCC(Oc2ccc(-c3ccc(F)cc3)cn2)CC1.Fc1ccc(-c2ccc(OC3CCNCC3)nc2)cc1. The van der Waals surface area contributed by atoms with Gasteiger partial charge in [0.1, 0.15) is 29.4 Å². The highest BCUT2D eigenvalue weighted by atomic mass is 19.1. The van der Waals surface area contributed by atoms with Crippen LogP contribution in [0.25, 0.3) is 22.3 Å². The molecule has 2 aromatic carbocycles. The standard InChI is InChI=1S/C21H25FN2O3.C16H17FN2O/c1-21(2,3)27-20(25)24-12-10-18(11-13-24)26-19-9-6-16(14-23-19)15-4-7-17(22)8-5-15;17-14-4-1-12(2-5-14)13-3-6-16(19-11-13)20-15-7-9-18-10-8-15/h4-9,14,18H,10-13H2,1-3H3;1-6,11,15,18H,7-10H2. The third kappa shape index (κ3) is 10.5. The van der Waals surface area contributed by atoms with Gasteiger partial charge in [0.25, 0.3) is 0 Å². The number of carbonyl (C=O) groups is 1. The number of nitrogens with zero attached hydrogens (tertiary/aromatic N) is 3. The molecule has 6 rings (SSSR count). The fraction of sp³-hybridized carbons (Fsp3) is 0.378. The number of ether oxygens (including phenoxy) is 3. The highest BCUT2D eigenvalue weighted by molar-refractivity contribution is 5.68. The first-order valence-corrected chi connectivity index (χ1v) is 16.1. The molecule has 10 heteroatoms. The van der Waals surface area contributed by atoms with Crippen molar-refractivity contribution < 1.29 is 27.8 Å². The lowest BCUT2D eigenvalue weighted by molar-refractivity contribution is 0.0123. The highest BCUT2D eigenvalue weighted by Crippen LogP contribution is 2.24. The van der Waals surface area contributed by atoms with Gasteiger partial charge in [0.15, 0.2) is 0 Å². The minimum atomic E-state index is -0.485. The van der Waals surface area contributed by atoms with E-state index in [9.17, 15) is 13.6 Å². The molecule has 8 nitrogen and oxygen atoms in total. The van der Waals surface area contributed by atoms with Crippen molar-refractivity contribution in [2.75, 3.05) is 26.2 Å². The molecule has 1 amide bonds. The van der Waals surface area contributed by atoms with Crippen LogP contribution in [0.2, 0.25) is 0 Å². The van der Waals surface area contributed by atoms with Crippen LogP contribution in [-0.2, 0) is 4.74 Å². The summed E-state index contributed by atoms with van der Waals surface area (Å²) in [5.74, 6) is 0.719. The van der Waals surface area contributed by atoms with Crippen molar-refractivity contribution in [3.63, 3.8) is 0 Å². The first kappa shape index (κ1) is 33.8. The van der Waals surface area contributed by atoms with Gasteiger partial charge in [-0.15, -0.1) is 0 Å². The molecular weight excluding hydrogens is 602 g/mol. The van der Waals surface area contributed by atoms with E-state index in [2.05, 4.69) is 15.3 Å². The normalized spacial score (nSPS) is 15.7. The Balaban J connectivity index is 0.000000193. The lowest BCUT2D eigenvalue weighted by Crippen LogP contribution is -2.44. The smallest absolute Gasteiger partial charge is 0.410 e. The first-order chi connectivity index (χ1) is 22.6. The zero-order valence-electron chi connectivity index (χ0n) is 27.1. The molecule has 4 aromatic rings. The Morgan fingerprint density at radius 3 is 1.51 bits per heavy atom. The van der Waals surface area contributed by atoms with Gasteiger partial charge < -0.3 is 24.4 Å². The molecule has 0 unspecified atom stereocenters. The van der Waals surface area contributed by atoms with E-state index in [0.717, 1.165) is 61.0 Å². The van der Waals surface area contributed by atoms with E-state index in [0.29, 0.717) is 24.8 Å². The Labute approximate surface area is 275 Å². The molecule has 0 aliphatic carbocycles. The fourth-order valence-electron chi connectivity index (χ4n) is 5.26. The summed E-state index contributed by atoms with van der Waals surface area (Å²) in [6.07, 6.45) is 6.99. The van der Waals surface area contributed by atoms with E-state index in [-0.39, 0.29) is 29.9 Å². The van der Waals surface area contributed by atoms with Gasteiger partial charge in [-0.05, 0) is 94.2 Å². The molecule has 0 bridgehead atoms. The largest absolute Gasteiger partial charge is 0.474 e. The van der Waals surface area contributed by atoms with E-state index < -0.39 is 5.60 Å². The van der Waals surface area contributed by atoms with E-state index in [1.165, 1.54) is 24.3 Å². The molecule has 2 aromatic heterocycles. The number of nitrogens with one attached hydrogen (secondary N) is 1. The number of hydrogen-bond acceptors (Lipinski definition) is 7. The van der Waals surface area contributed by atoms with E-state index >= 15 is 0 Å². The monoisotopic (exact) mass is 644 g/mol. The molecule has 0 atom stereocenters. The van der Waals surface area contributed by atoms with Crippen LogP contribution in [0.15, 0.2) is 85.2 Å². The maximum absolute atomic E-state index is 13.0. The Morgan fingerprint density at radius 1 is 0.681 bits per heavy atom. The Kier molecular flexibility index (Phi) is 11.4. The van der Waals surface area contributed by atoms with Gasteiger partial charge in [-0.3, -0.25) is 0 Å². The topological polar surface area (TPSA) is 85.8 Å². The van der Waals surface area contributed by atoms with Crippen LogP contribution < -0.4 is 14.8 Å². The van der Waals surface area contributed by atoms with Crippen molar-refractivity contribution in [1.82, 2.24) is 20.2 Å². The molecule has 0 spiro atoms. The number of halogens is 2. The van der Waals surface area contributed by atoms with Crippen molar-refractivity contribution in [1.29, 1.82) is 0 Å². The predicted molar refractivity (Wildman–Crippen MR) is 177 cm³/mol. The summed E-state index contributed by atoms with van der Waals surface area (Å²) < 4.78 is 43.1. The fourth-order valence-corrected chi connectivity index (χ4v) is 5.26. The molecule has 4 heterocycles. The third-order valence-electron chi connectivity index (χ3n) is 7.78. The zero-order chi connectivity index (χ0) is 33.2. The van der Waals surface area contributed by atoms with Crippen LogP contribution >= 0.6 is 0 Å². The number of benzene rings is 2. The van der Waals surface area contributed by atoms with Crippen LogP contribution in [-0.4, -0.2) is 64.9 Å². The molecule has 2 fully saturated rings. The van der Waals surface area contributed by atoms with Crippen molar-refractivity contribution >= 4 is 6.09 Å². The van der Waals surface area contributed by atoms with E-state index in [4.69, 9.17) is 14.2 Å². The molecule has 1 N–H and O–H groups in total. The first-order valence-electron chi connectivity index (χ1n) is 16.1. The minimum absolute atomic E-state index is 0.0212. The van der Waals surface area contributed by atoms with E-state index in [1.807, 2.05) is 45.0 Å². The summed E-state index contributed by atoms with van der Waals surface area (Å²) in [6, 6.07) is 20.3. The number of aromatic nitrogens is 2. The summed E-state index contributed by atoms with van der Waals surface area (Å²) in [6.45, 7) is 8.79. The van der Waals surface area contributed by atoms with Gasteiger partial charge in [0, 0.05) is 61.6 Å². The molecule has 2 saturated heterocycles. The number of amides is 1. The second kappa shape index (κ2) is 15.8. The van der Waals surface area contributed by atoms with Gasteiger partial charge in [0.2, 0.25) is 11.8 Å². The van der Waals surface area contributed by atoms with E-state index in [1.54, 1.807) is 41.6 Å². The lowest BCUT2D eigenvalue weighted by atomic mass is 10.1. The number of likely N-dealkylation sites (tertiary alicyclic amines) is 1. The number of hydrogen-bond donors (Lipinski definition) is 1. The summed E-state index contributed by atoms with van der Waals surface area (Å²) in [5.41, 5.74) is 3.24. The number of rotatable bonds is 6. The van der Waals surface area contributed by atoms with Crippen molar-refractivity contribution in [2.24, 2.45) is 0 Å². The Hall–Kier alpha value is -4.57. The van der Waals surface area contributed by atoms with Crippen LogP contribution in [0.4, 0.5) is 13.6 Å². The van der Waals surface area contributed by atoms with Crippen LogP contribution in [0.3, 0.4) is 0 Å². The number of pyridine rings is 2. The highest BCUT2D eigenvalue weighted by Gasteiger charge is 2.27. The molecule has 2 aliphatic rings. The van der Waals surface area contributed by atoms with Gasteiger partial charge >= 0.3 is 6.09 Å². The molecule has 0 radical (unpaired) electrons. The third-order valence-corrected chi connectivity index (χ3v) is 7.78. The minimum Gasteiger partial charge on any atom is -0.474 e. The summed E-state index contributed by atoms with van der Waals surface area (Å²) >= 11 is 0. The van der Waals surface area contributed by atoms with Crippen LogP contribution in [0.1, 0.15) is 46.5 Å². The Bertz CT molecular complexity index is 1550. The van der Waals surface area contributed by atoms with Gasteiger partial charge in [-0.1, -0.05) is 24.3 Å². The van der Waals surface area contributed by atoms with Crippen molar-refractivity contribution in [3.8, 4) is 34.0 Å². The second-order valence-electron chi connectivity index (χ2n) is 12.6. The average Bonchev–Trinajstić information content (AvgIpc) is 3.07. The Morgan fingerprint density at radius 2 is 1.11 bits per heavy atom. The number of piperidine rings is 2. The van der Waals surface area contributed by atoms with Crippen molar-refractivity contribution in [3.05, 3.63) is 96.8 Å². The van der Waals surface area contributed by atoms with Gasteiger partial charge in [-0.2, -0.15) is 0 Å². The van der Waals surface area contributed by atoms with Crippen LogP contribution in [0, 0.1) is 11.6 Å². The quantitative estimate of drug-likeness (QED) is 0.230. The summed E-state index contributed by atoms with van der Waals surface area (Å²) in [7, 11) is 0. The summed E-state index contributed by atoms with van der Waals surface area (Å²) in [5, 5.41) is 3.30. The molecule has 47 heavy (non-hydrogen) atoms. The lowest BCUT2D eigenvalue weighted by Gasteiger charge is -2.33. The molecule has 248 valence electrons. The van der Waals surface area contributed by atoms with Crippen molar-refractivity contribution in [2.45, 2.75) is 64.3 Å². The number of carbonyl (C=O) groups excluding carboxylic acids is 1. The molecular formula is C37H42F2N4O4. The zero-order valence-corrected chi connectivity index (χ0v) is 27.1. The maximum atomic E-state index is 13.0. The average molecular weight is 645 g/mol. The van der Waals surface area contributed by atoms with Gasteiger partial charge in [-0.25, -0.2) is 23.5 Å². The van der Waals surface area contributed by atoms with Crippen LogP contribution in [0.5, 0.6) is 11.8 Å². The van der Waals surface area contributed by atoms with Gasteiger partial charge in [0.05, 0.1) is 0 Å². The molecule has 0 saturated carbocycles. The maximum Gasteiger partial charge on any atom is 0.410 e. The second-order valence-corrected chi connectivity index (χ2v) is 12.6. The summed E-state index contributed by atoms with van der Waals surface area (Å²) in [4.78, 5) is 22.5.